The van der Waals surface area contributed by atoms with E-state index in [0.717, 1.165) is 31.5 Å². The van der Waals surface area contributed by atoms with E-state index in [2.05, 4.69) is 20.2 Å². The fraction of sp³-hybridized carbons (Fsp3) is 0.364. The maximum atomic E-state index is 15.2. The van der Waals surface area contributed by atoms with Crippen molar-refractivity contribution < 1.29 is 9.13 Å². The third-order valence-corrected chi connectivity index (χ3v) is 6.27. The highest BCUT2D eigenvalue weighted by Crippen LogP contribution is 2.49. The van der Waals surface area contributed by atoms with Crippen LogP contribution in [0.2, 0.25) is 0 Å². The van der Waals surface area contributed by atoms with Gasteiger partial charge in [-0.05, 0) is 31.4 Å². The Morgan fingerprint density at radius 3 is 2.77 bits per heavy atom. The van der Waals surface area contributed by atoms with Crippen LogP contribution in [0.5, 0.6) is 5.75 Å². The first-order valence-corrected chi connectivity index (χ1v) is 10.3. The highest BCUT2D eigenvalue weighted by Gasteiger charge is 2.42. The molecule has 0 saturated heterocycles. The Hall–Kier alpha value is -3.29. The minimum atomic E-state index is -0.644. The predicted molar refractivity (Wildman–Crippen MR) is 116 cm³/mol. The van der Waals surface area contributed by atoms with Crippen molar-refractivity contribution >= 4 is 28.1 Å². The summed E-state index contributed by atoms with van der Waals surface area (Å²) in [6.45, 7) is 1.42. The number of ether oxygens (including phenoxy) is 1. The third kappa shape index (κ3) is 2.86. The Labute approximate surface area is 173 Å². The first kappa shape index (κ1) is 18.7. The normalized spacial score (nSPS) is 16.6. The Balaban J connectivity index is 1.54. The molecule has 1 aliphatic heterocycles. The van der Waals surface area contributed by atoms with E-state index in [-0.39, 0.29) is 27.7 Å². The smallest absolute Gasteiger partial charge is 0.191 e. The molecule has 1 fully saturated rings. The lowest BCUT2D eigenvalue weighted by atomic mass is 9.74. The molecule has 0 amide bonds. The van der Waals surface area contributed by atoms with Crippen molar-refractivity contribution in [2.45, 2.75) is 31.2 Å². The van der Waals surface area contributed by atoms with Crippen LogP contribution in [0.25, 0.3) is 10.9 Å². The monoisotopic (exact) mass is 409 g/mol. The van der Waals surface area contributed by atoms with Gasteiger partial charge in [0.2, 0.25) is 0 Å². The number of halogens is 1. The second kappa shape index (κ2) is 7.19. The summed E-state index contributed by atoms with van der Waals surface area (Å²) in [4.78, 5) is 16.8. The van der Waals surface area contributed by atoms with Gasteiger partial charge in [0, 0.05) is 43.5 Å². The molecule has 1 spiro atoms. The van der Waals surface area contributed by atoms with Gasteiger partial charge >= 0.3 is 0 Å². The van der Waals surface area contributed by atoms with Gasteiger partial charge < -0.3 is 25.7 Å². The van der Waals surface area contributed by atoms with Crippen molar-refractivity contribution in [3.63, 3.8) is 0 Å². The number of aromatic nitrogens is 2. The molecule has 4 N–H and O–H groups in total. The van der Waals surface area contributed by atoms with Gasteiger partial charge in [-0.15, -0.1) is 0 Å². The van der Waals surface area contributed by atoms with Crippen molar-refractivity contribution in [3.05, 3.63) is 52.7 Å². The van der Waals surface area contributed by atoms with Gasteiger partial charge in [-0.1, -0.05) is 6.07 Å². The first-order chi connectivity index (χ1) is 14.6. The zero-order valence-electron chi connectivity index (χ0n) is 16.6. The maximum Gasteiger partial charge on any atom is 0.191 e. The summed E-state index contributed by atoms with van der Waals surface area (Å²) < 4.78 is 23.4. The molecule has 2 aliphatic rings. The van der Waals surface area contributed by atoms with Gasteiger partial charge in [0.25, 0.3) is 0 Å². The summed E-state index contributed by atoms with van der Waals surface area (Å²) in [5.74, 6) is 0.471. The number of pyridine rings is 2. The van der Waals surface area contributed by atoms with Gasteiger partial charge in [-0.3, -0.25) is 4.79 Å². The van der Waals surface area contributed by atoms with Crippen LogP contribution in [0.1, 0.15) is 25.7 Å². The van der Waals surface area contributed by atoms with E-state index >= 15 is 4.39 Å². The van der Waals surface area contributed by atoms with Crippen molar-refractivity contribution in [3.8, 4) is 5.75 Å². The van der Waals surface area contributed by atoms with Crippen molar-refractivity contribution in [1.29, 1.82) is 0 Å². The van der Waals surface area contributed by atoms with Gasteiger partial charge in [0.15, 0.2) is 17.0 Å². The lowest BCUT2D eigenvalue weighted by molar-refractivity contribution is 0.117. The summed E-state index contributed by atoms with van der Waals surface area (Å²) in [5.41, 5.74) is 6.42. The van der Waals surface area contributed by atoms with Crippen LogP contribution in [-0.4, -0.2) is 29.2 Å². The molecule has 1 aliphatic carbocycles. The second-order valence-corrected chi connectivity index (χ2v) is 7.95. The fourth-order valence-electron chi connectivity index (χ4n) is 4.56. The minimum Gasteiger partial charge on any atom is -0.489 e. The molecular formula is C22H24FN5O2. The molecule has 0 unspecified atom stereocenters. The number of hydrogen-bond donors (Lipinski definition) is 3. The number of fused-ring (bicyclic) bond motifs is 1. The second-order valence-electron chi connectivity index (χ2n) is 7.95. The van der Waals surface area contributed by atoms with E-state index in [4.69, 9.17) is 10.5 Å². The average molecular weight is 409 g/mol. The van der Waals surface area contributed by atoms with E-state index in [9.17, 15) is 4.79 Å². The number of hydrogen-bond acceptors (Lipinski definition) is 6. The van der Waals surface area contributed by atoms with Crippen LogP contribution in [0.15, 0.2) is 41.5 Å². The summed E-state index contributed by atoms with van der Waals surface area (Å²) >= 11 is 0. The largest absolute Gasteiger partial charge is 0.489 e. The van der Waals surface area contributed by atoms with Gasteiger partial charge in [-0.2, -0.15) is 0 Å². The molecule has 156 valence electrons. The highest BCUT2D eigenvalue weighted by atomic mass is 19.1. The van der Waals surface area contributed by atoms with Gasteiger partial charge in [0.1, 0.15) is 11.5 Å². The SMILES string of the molecule is Nc1c(F)c(NCCNc2ccccn2)c2c3c1c(=O)ccn3C1(CCC1)CCO2. The Morgan fingerprint density at radius 2 is 2.03 bits per heavy atom. The molecule has 1 aromatic carbocycles. The molecule has 0 atom stereocenters. The maximum absolute atomic E-state index is 15.2. The number of anilines is 3. The summed E-state index contributed by atoms with van der Waals surface area (Å²) in [6.07, 6.45) is 7.50. The number of benzene rings is 1. The van der Waals surface area contributed by atoms with Crippen LogP contribution in [-0.2, 0) is 5.54 Å². The van der Waals surface area contributed by atoms with Crippen molar-refractivity contribution in [2.75, 3.05) is 36.1 Å². The molecule has 3 aromatic rings. The first-order valence-electron chi connectivity index (χ1n) is 10.3. The molecule has 0 radical (unpaired) electrons. The minimum absolute atomic E-state index is 0.0841. The Bertz CT molecular complexity index is 1160. The number of nitrogens with two attached hydrogens (primary N) is 1. The van der Waals surface area contributed by atoms with E-state index in [1.54, 1.807) is 6.20 Å². The van der Waals surface area contributed by atoms with E-state index in [0.29, 0.717) is 31.0 Å². The number of nitrogens with one attached hydrogen (secondary N) is 2. The third-order valence-electron chi connectivity index (χ3n) is 6.27. The molecule has 5 rings (SSSR count). The van der Waals surface area contributed by atoms with Crippen LogP contribution in [0.3, 0.4) is 0 Å². The number of rotatable bonds is 5. The van der Waals surface area contributed by atoms with E-state index in [1.165, 1.54) is 6.07 Å². The Kier molecular flexibility index (Phi) is 4.49. The quantitative estimate of drug-likeness (QED) is 0.442. The summed E-state index contributed by atoms with van der Waals surface area (Å²) in [7, 11) is 0. The van der Waals surface area contributed by atoms with Crippen LogP contribution < -0.4 is 26.5 Å². The molecule has 30 heavy (non-hydrogen) atoms. The Morgan fingerprint density at radius 1 is 1.20 bits per heavy atom. The van der Waals surface area contributed by atoms with Gasteiger partial charge in [0.05, 0.1) is 23.2 Å². The zero-order chi connectivity index (χ0) is 20.7. The molecule has 7 nitrogen and oxygen atoms in total. The summed E-state index contributed by atoms with van der Waals surface area (Å²) in [5, 5.41) is 6.50. The number of nitrogens with zero attached hydrogens (tertiary/aromatic N) is 2. The van der Waals surface area contributed by atoms with Crippen molar-refractivity contribution in [2.24, 2.45) is 0 Å². The molecule has 8 heteroatoms. The van der Waals surface area contributed by atoms with Crippen LogP contribution in [0.4, 0.5) is 21.6 Å². The van der Waals surface area contributed by atoms with Crippen LogP contribution >= 0.6 is 0 Å². The topological polar surface area (TPSA) is 94.2 Å². The lowest BCUT2D eigenvalue weighted by Gasteiger charge is -2.43. The molecule has 3 heterocycles. The standard InChI is InChI=1S/C22H24FN5O2/c23-17-18(24)16-14(29)5-12-28-20(16)21(30-13-8-22(28)6-3-7-22)19(17)27-11-10-26-15-4-1-2-9-25-15/h1-2,4-5,9,12,27H,3,6-8,10-11,13,24H2,(H,25,26). The zero-order valence-corrected chi connectivity index (χ0v) is 16.6. The van der Waals surface area contributed by atoms with E-state index in [1.807, 2.05) is 24.4 Å². The highest BCUT2D eigenvalue weighted by molar-refractivity contribution is 6.00. The van der Waals surface area contributed by atoms with E-state index < -0.39 is 5.82 Å². The van der Waals surface area contributed by atoms with Gasteiger partial charge in [-0.25, -0.2) is 9.37 Å². The summed E-state index contributed by atoms with van der Waals surface area (Å²) in [6, 6.07) is 7.08. The molecule has 1 saturated carbocycles. The average Bonchev–Trinajstić information content (AvgIpc) is 2.90. The molecular weight excluding hydrogens is 385 g/mol. The molecule has 2 aromatic heterocycles. The van der Waals surface area contributed by atoms with Crippen molar-refractivity contribution in [1.82, 2.24) is 9.55 Å². The predicted octanol–water partition coefficient (Wildman–Crippen LogP) is 3.30. The molecule has 0 bridgehead atoms. The fourth-order valence-corrected chi connectivity index (χ4v) is 4.56. The van der Waals surface area contributed by atoms with Crippen LogP contribution in [0, 0.1) is 5.82 Å². The number of nitrogen functional groups attached to an aromatic ring is 1. The lowest BCUT2D eigenvalue weighted by Crippen LogP contribution is -2.41.